The molecule has 35 heavy (non-hydrogen) atoms. The highest BCUT2D eigenvalue weighted by molar-refractivity contribution is 5.78. The van der Waals surface area contributed by atoms with Crippen LogP contribution in [0.2, 0.25) is 0 Å². The third kappa shape index (κ3) is 2.97. The number of aliphatic hydroxyl groups is 1. The maximum Gasteiger partial charge on any atom is 0.310 e. The van der Waals surface area contributed by atoms with E-state index in [1.54, 1.807) is 0 Å². The van der Waals surface area contributed by atoms with Gasteiger partial charge < -0.3 is 15.3 Å². The first kappa shape index (κ1) is 25.5. The lowest BCUT2D eigenvalue weighted by Gasteiger charge is -2.74. The second kappa shape index (κ2) is 7.48. The van der Waals surface area contributed by atoms with Crippen LogP contribution in [-0.4, -0.2) is 33.4 Å². The molecule has 5 saturated carbocycles. The number of carboxylic acids is 2. The Bertz CT molecular complexity index is 932. The highest BCUT2D eigenvalue weighted by Crippen LogP contribution is 2.78. The Morgan fingerprint density at radius 1 is 0.686 bits per heavy atom. The fraction of sp³-hybridized carbons (Fsp3) is 0.933. The number of carboxylic acid groups (broad SMARTS) is 2. The summed E-state index contributed by atoms with van der Waals surface area (Å²) < 4.78 is 0. The molecule has 0 saturated heterocycles. The Labute approximate surface area is 211 Å². The Morgan fingerprint density at radius 2 is 1.34 bits per heavy atom. The van der Waals surface area contributed by atoms with Crippen molar-refractivity contribution in [2.45, 2.75) is 118 Å². The molecule has 0 aromatic rings. The summed E-state index contributed by atoms with van der Waals surface area (Å²) in [5, 5.41) is 32.0. The summed E-state index contributed by atoms with van der Waals surface area (Å²) in [6.45, 7) is 13.5. The lowest BCUT2D eigenvalue weighted by molar-refractivity contribution is -0.268. The topological polar surface area (TPSA) is 94.8 Å². The van der Waals surface area contributed by atoms with E-state index in [2.05, 4.69) is 34.6 Å². The zero-order valence-electron chi connectivity index (χ0n) is 22.8. The minimum absolute atomic E-state index is 0.0631. The first-order valence-electron chi connectivity index (χ1n) is 14.3. The Morgan fingerprint density at radius 3 is 1.97 bits per heavy atom. The lowest BCUT2D eigenvalue weighted by Crippen LogP contribution is -2.70. The van der Waals surface area contributed by atoms with Crippen LogP contribution in [-0.2, 0) is 9.59 Å². The molecule has 5 fully saturated rings. The number of rotatable bonds is 2. The van der Waals surface area contributed by atoms with Gasteiger partial charge in [0.05, 0.1) is 16.9 Å². The van der Waals surface area contributed by atoms with Gasteiger partial charge in [-0.25, -0.2) is 0 Å². The number of hydrogen-bond donors (Lipinski definition) is 3. The van der Waals surface area contributed by atoms with E-state index >= 15 is 0 Å². The van der Waals surface area contributed by atoms with Crippen molar-refractivity contribution in [1.29, 1.82) is 0 Å². The van der Waals surface area contributed by atoms with Crippen molar-refractivity contribution in [1.82, 2.24) is 0 Å². The van der Waals surface area contributed by atoms with Crippen molar-refractivity contribution in [3.63, 3.8) is 0 Å². The van der Waals surface area contributed by atoms with Crippen molar-refractivity contribution in [3.05, 3.63) is 0 Å². The molecule has 0 bridgehead atoms. The predicted octanol–water partition coefficient (Wildman–Crippen LogP) is 6.38. The van der Waals surface area contributed by atoms with Crippen molar-refractivity contribution in [2.75, 3.05) is 0 Å². The summed E-state index contributed by atoms with van der Waals surface area (Å²) in [5.41, 5.74) is -1.99. The molecule has 5 heteroatoms. The quantitative estimate of drug-likeness (QED) is 0.419. The maximum atomic E-state index is 13.5. The molecule has 0 heterocycles. The predicted molar refractivity (Wildman–Crippen MR) is 135 cm³/mol. The van der Waals surface area contributed by atoms with Crippen LogP contribution in [0, 0.1) is 56.2 Å². The monoisotopic (exact) mass is 488 g/mol. The second-order valence-corrected chi connectivity index (χ2v) is 15.1. The Balaban J connectivity index is 1.61. The van der Waals surface area contributed by atoms with Crippen LogP contribution in [0.3, 0.4) is 0 Å². The highest BCUT2D eigenvalue weighted by Gasteiger charge is 2.75. The number of fused-ring (bicyclic) bond motifs is 7. The van der Waals surface area contributed by atoms with Gasteiger partial charge in [-0.05, 0) is 123 Å². The fourth-order valence-corrected chi connectivity index (χ4v) is 11.5. The molecule has 3 N–H and O–H groups in total. The van der Waals surface area contributed by atoms with E-state index in [4.69, 9.17) is 0 Å². The molecule has 0 aromatic carbocycles. The molecule has 0 aromatic heterocycles. The van der Waals surface area contributed by atoms with E-state index in [0.29, 0.717) is 31.1 Å². The van der Waals surface area contributed by atoms with Gasteiger partial charge >= 0.3 is 11.9 Å². The maximum absolute atomic E-state index is 13.5. The minimum Gasteiger partial charge on any atom is -0.481 e. The molecule has 0 aliphatic heterocycles. The first-order valence-corrected chi connectivity index (χ1v) is 14.3. The largest absolute Gasteiger partial charge is 0.481 e. The zero-order chi connectivity index (χ0) is 25.8. The van der Waals surface area contributed by atoms with E-state index < -0.39 is 22.8 Å². The van der Waals surface area contributed by atoms with Gasteiger partial charge in [-0.3, -0.25) is 9.59 Å². The average Bonchev–Trinajstić information content (AvgIpc) is 2.77. The zero-order valence-corrected chi connectivity index (χ0v) is 22.8. The van der Waals surface area contributed by atoms with Gasteiger partial charge in [0.1, 0.15) is 0 Å². The van der Waals surface area contributed by atoms with Crippen molar-refractivity contribution >= 4 is 11.9 Å². The van der Waals surface area contributed by atoms with Crippen LogP contribution < -0.4 is 0 Å². The van der Waals surface area contributed by atoms with Gasteiger partial charge in [0.15, 0.2) is 0 Å². The van der Waals surface area contributed by atoms with Gasteiger partial charge in [0.25, 0.3) is 0 Å². The fourth-order valence-electron chi connectivity index (χ4n) is 11.5. The van der Waals surface area contributed by atoms with Crippen molar-refractivity contribution in [2.24, 2.45) is 56.2 Å². The summed E-state index contributed by atoms with van der Waals surface area (Å²) >= 11 is 0. The number of aliphatic hydroxyl groups excluding tert-OH is 1. The average molecular weight is 489 g/mol. The molecule has 0 unspecified atom stereocenters. The summed E-state index contributed by atoms with van der Waals surface area (Å²) in [6.07, 6.45) is 9.14. The molecule has 5 rings (SSSR count). The number of aliphatic carboxylic acids is 2. The summed E-state index contributed by atoms with van der Waals surface area (Å²) in [7, 11) is 0. The molecule has 0 amide bonds. The van der Waals surface area contributed by atoms with Crippen LogP contribution in [0.25, 0.3) is 0 Å². The van der Waals surface area contributed by atoms with Gasteiger partial charge in [-0.1, -0.05) is 34.6 Å². The van der Waals surface area contributed by atoms with Crippen LogP contribution in [0.1, 0.15) is 112 Å². The van der Waals surface area contributed by atoms with Gasteiger partial charge in [-0.15, -0.1) is 0 Å². The second-order valence-electron chi connectivity index (χ2n) is 15.1. The van der Waals surface area contributed by atoms with E-state index in [0.717, 1.165) is 51.4 Å². The lowest BCUT2D eigenvalue weighted by atomic mass is 9.29. The third-order valence-electron chi connectivity index (χ3n) is 14.0. The van der Waals surface area contributed by atoms with Gasteiger partial charge in [0.2, 0.25) is 0 Å². The van der Waals surface area contributed by atoms with Gasteiger partial charge in [-0.2, -0.15) is 0 Å². The van der Waals surface area contributed by atoms with E-state index in [-0.39, 0.29) is 39.6 Å². The van der Waals surface area contributed by atoms with Crippen LogP contribution in [0.4, 0.5) is 0 Å². The van der Waals surface area contributed by atoms with Crippen molar-refractivity contribution in [3.8, 4) is 0 Å². The van der Waals surface area contributed by atoms with Crippen LogP contribution in [0.15, 0.2) is 0 Å². The van der Waals surface area contributed by atoms with E-state index in [1.807, 2.05) is 6.92 Å². The minimum atomic E-state index is -0.866. The first-order chi connectivity index (χ1) is 16.1. The molecule has 5 nitrogen and oxygen atoms in total. The Kier molecular flexibility index (Phi) is 5.46. The number of hydrogen-bond acceptors (Lipinski definition) is 3. The molecule has 5 aliphatic carbocycles. The molecule has 11 atom stereocenters. The van der Waals surface area contributed by atoms with Gasteiger partial charge in [0, 0.05) is 0 Å². The summed E-state index contributed by atoms with van der Waals surface area (Å²) in [5.74, 6) is -0.458. The van der Waals surface area contributed by atoms with Crippen LogP contribution >= 0.6 is 0 Å². The SMILES string of the molecule is C[C@H]1[C@@H](O)CC[C@@H]2[C@]1(C)CC[C@H]1[C@@]2(C)CC[C@@]2(C(=O)O)[C@@H]3C[C@@](C)(C(=O)O)CC[C@]3(C)CC[C@]12C. The molecule has 5 aliphatic rings. The summed E-state index contributed by atoms with van der Waals surface area (Å²) in [6, 6.07) is 0. The summed E-state index contributed by atoms with van der Waals surface area (Å²) in [4.78, 5) is 25.9. The van der Waals surface area contributed by atoms with E-state index in [9.17, 15) is 24.9 Å². The van der Waals surface area contributed by atoms with Crippen LogP contribution in [0.5, 0.6) is 0 Å². The van der Waals surface area contributed by atoms with Crippen molar-refractivity contribution < 1.29 is 24.9 Å². The normalized spacial score (nSPS) is 57.7. The molecule has 198 valence electrons. The smallest absolute Gasteiger partial charge is 0.310 e. The molecular formula is C30H48O5. The molecular weight excluding hydrogens is 440 g/mol. The standard InChI is InChI=1S/C30H48O5/c1-18-19(31)7-8-20-27(18,4)10-9-21-28(20,5)14-16-30(24(34)35)22-17-26(3,23(32)33)12-11-25(22,2)13-15-29(21,30)6/h18-22,31H,7-17H2,1-6H3,(H,32,33)(H,34,35)/t18-,19-,20+,21-,22+,25+,26-,27+,28-,29+,30-/m0/s1. The highest BCUT2D eigenvalue weighted by atomic mass is 16.4. The third-order valence-corrected chi connectivity index (χ3v) is 14.0. The molecule has 0 radical (unpaired) electrons. The molecule has 0 spiro atoms. The number of carbonyl (C=O) groups is 2. The van der Waals surface area contributed by atoms with E-state index in [1.165, 1.54) is 0 Å². The Hall–Kier alpha value is -1.10.